The Bertz CT molecular complexity index is 5060. The van der Waals surface area contributed by atoms with Crippen molar-refractivity contribution in [2.45, 2.75) is 0 Å². The Kier molecular flexibility index (Phi) is 10.3. The lowest BCUT2D eigenvalue weighted by Crippen LogP contribution is -1.93. The van der Waals surface area contributed by atoms with Gasteiger partial charge in [0.05, 0.1) is 0 Å². The highest BCUT2D eigenvalue weighted by atomic mass is 16.3. The van der Waals surface area contributed by atoms with Crippen molar-refractivity contribution >= 4 is 86.6 Å². The summed E-state index contributed by atoms with van der Waals surface area (Å²) < 4.78 is 6.88. The molecule has 0 aliphatic heterocycles. The van der Waals surface area contributed by atoms with Gasteiger partial charge in [-0.25, -0.2) is 0 Å². The van der Waals surface area contributed by atoms with Gasteiger partial charge in [0, 0.05) is 10.8 Å². The maximum Gasteiger partial charge on any atom is 0.136 e. The third kappa shape index (κ3) is 7.24. The van der Waals surface area contributed by atoms with Gasteiger partial charge in [-0.05, 0) is 179 Å². The Labute approximate surface area is 457 Å². The van der Waals surface area contributed by atoms with Gasteiger partial charge in [-0.3, -0.25) is 0 Å². The van der Waals surface area contributed by atoms with Crippen LogP contribution in [0.15, 0.2) is 296 Å². The van der Waals surface area contributed by atoms with Crippen molar-refractivity contribution < 1.29 is 4.42 Å². The first kappa shape index (κ1) is 44.9. The van der Waals surface area contributed by atoms with E-state index in [1.165, 1.54) is 115 Å². The fraction of sp³-hybridized carbons (Fsp3) is 0. The Balaban J connectivity index is 0.929. The molecule has 0 bridgehead atoms. The van der Waals surface area contributed by atoms with Crippen LogP contribution in [0.3, 0.4) is 0 Å². The molecule has 0 aliphatic rings. The van der Waals surface area contributed by atoms with Gasteiger partial charge in [0.1, 0.15) is 11.2 Å². The molecule has 0 fully saturated rings. The molecule has 366 valence electrons. The van der Waals surface area contributed by atoms with Crippen LogP contribution in [0.2, 0.25) is 0 Å². The Morgan fingerprint density at radius 2 is 0.633 bits per heavy atom. The average Bonchev–Trinajstić information content (AvgIpc) is 4.06. The van der Waals surface area contributed by atoms with E-state index in [1.807, 2.05) is 0 Å². The summed E-state index contributed by atoms with van der Waals surface area (Å²) in [7, 11) is 0. The minimum Gasteiger partial charge on any atom is -0.456 e. The second-order valence-electron chi connectivity index (χ2n) is 21.0. The van der Waals surface area contributed by atoms with E-state index >= 15 is 0 Å². The summed E-state index contributed by atoms with van der Waals surface area (Å²) in [4.78, 5) is 0. The van der Waals surface area contributed by atoms with Gasteiger partial charge >= 0.3 is 0 Å². The molecule has 1 nitrogen and oxygen atoms in total. The molecule has 16 rings (SSSR count). The van der Waals surface area contributed by atoms with Gasteiger partial charge in [-0.1, -0.05) is 255 Å². The predicted molar refractivity (Wildman–Crippen MR) is 337 cm³/mol. The number of fused-ring (bicyclic) bond motifs is 9. The van der Waals surface area contributed by atoms with E-state index in [9.17, 15) is 0 Å². The molecular weight excluding hydrogens is 953 g/mol. The zero-order valence-electron chi connectivity index (χ0n) is 43.1. The van der Waals surface area contributed by atoms with Crippen LogP contribution in [0.25, 0.3) is 164 Å². The third-order valence-corrected chi connectivity index (χ3v) is 16.6. The van der Waals surface area contributed by atoms with E-state index in [2.05, 4.69) is 291 Å². The predicted octanol–water partition coefficient (Wildman–Crippen LogP) is 22.2. The number of benzene rings is 15. The van der Waals surface area contributed by atoms with Crippen molar-refractivity contribution in [3.05, 3.63) is 291 Å². The van der Waals surface area contributed by atoms with Crippen LogP contribution in [0.5, 0.6) is 0 Å². The Hall–Kier alpha value is -10.3. The van der Waals surface area contributed by atoms with Crippen LogP contribution in [0.4, 0.5) is 0 Å². The number of furan rings is 1. The summed E-state index contributed by atoms with van der Waals surface area (Å²) in [6.07, 6.45) is 0. The summed E-state index contributed by atoms with van der Waals surface area (Å²) in [5, 5.41) is 16.9. The molecule has 0 saturated carbocycles. The number of para-hydroxylation sites is 1. The minimum absolute atomic E-state index is 0.869. The normalized spacial score (nSPS) is 11.8. The second-order valence-corrected chi connectivity index (χ2v) is 21.0. The average molecular weight is 1000 g/mol. The van der Waals surface area contributed by atoms with E-state index in [0.717, 1.165) is 49.8 Å². The standard InChI is InChI=1S/C78H48O/c1-3-21-50(22-4-1)58-42-43-67(60-29-10-9-28-59(58)60)76-64-33-14-13-32-63(64)75(56-39-38-49-20-7-8-25-52(49)45-56)70-46-55(40-41-68(70)76)53-26-19-27-54(44-53)57-47-71(78-69-36-17-18-37-72(69)79-73(78)48-57)77-65-34-15-11-30-61(65)74(51-23-5-2-6-24-51)62-31-12-16-35-66(62)77/h1-48H. The lowest BCUT2D eigenvalue weighted by atomic mass is 9.82. The molecule has 0 saturated heterocycles. The molecule has 79 heavy (non-hydrogen) atoms. The summed E-state index contributed by atoms with van der Waals surface area (Å²) in [5.74, 6) is 0. The molecule has 0 aliphatic carbocycles. The highest BCUT2D eigenvalue weighted by Crippen LogP contribution is 2.51. The molecule has 0 N–H and O–H groups in total. The maximum absolute atomic E-state index is 6.88. The fourth-order valence-corrected chi connectivity index (χ4v) is 13.1. The molecule has 1 aromatic heterocycles. The van der Waals surface area contributed by atoms with Crippen molar-refractivity contribution in [3.8, 4) is 77.9 Å². The zero-order chi connectivity index (χ0) is 52.0. The molecule has 0 atom stereocenters. The molecular formula is C78H48O. The summed E-state index contributed by atoms with van der Waals surface area (Å²) >= 11 is 0. The molecule has 0 spiro atoms. The van der Waals surface area contributed by atoms with E-state index in [4.69, 9.17) is 4.42 Å². The number of rotatable bonds is 7. The van der Waals surface area contributed by atoms with Gasteiger partial charge in [0.25, 0.3) is 0 Å². The molecule has 15 aromatic carbocycles. The smallest absolute Gasteiger partial charge is 0.136 e. The van der Waals surface area contributed by atoms with Crippen molar-refractivity contribution in [2.75, 3.05) is 0 Å². The minimum atomic E-state index is 0.869. The zero-order valence-corrected chi connectivity index (χ0v) is 43.1. The second kappa shape index (κ2) is 18.2. The van der Waals surface area contributed by atoms with Crippen molar-refractivity contribution in [1.82, 2.24) is 0 Å². The SMILES string of the molecule is c1ccc(-c2ccc(-c3c4ccccc4c(-c4ccc5ccccc5c4)c4cc(-c5cccc(-c6cc(-c7c8ccccc8c(-c8ccccc8)c8ccccc78)c7c(c6)oc6ccccc67)c5)ccc34)c3ccccc23)cc1. The topological polar surface area (TPSA) is 13.1 Å². The van der Waals surface area contributed by atoms with Crippen LogP contribution < -0.4 is 0 Å². The van der Waals surface area contributed by atoms with Crippen LogP contribution in [0, 0.1) is 0 Å². The van der Waals surface area contributed by atoms with Crippen molar-refractivity contribution in [2.24, 2.45) is 0 Å². The largest absolute Gasteiger partial charge is 0.456 e. The number of hydrogen-bond acceptors (Lipinski definition) is 1. The van der Waals surface area contributed by atoms with Gasteiger partial charge in [-0.15, -0.1) is 0 Å². The van der Waals surface area contributed by atoms with Gasteiger partial charge < -0.3 is 4.42 Å². The molecule has 0 unspecified atom stereocenters. The molecule has 16 aromatic rings. The monoisotopic (exact) mass is 1000 g/mol. The van der Waals surface area contributed by atoms with E-state index < -0.39 is 0 Å². The van der Waals surface area contributed by atoms with Gasteiger partial charge in [0.15, 0.2) is 0 Å². The highest BCUT2D eigenvalue weighted by Gasteiger charge is 2.24. The summed E-state index contributed by atoms with van der Waals surface area (Å²) in [6.45, 7) is 0. The lowest BCUT2D eigenvalue weighted by Gasteiger charge is -2.21. The first-order valence-corrected chi connectivity index (χ1v) is 27.3. The summed E-state index contributed by atoms with van der Waals surface area (Å²) in [6, 6.07) is 107. The third-order valence-electron chi connectivity index (χ3n) is 16.6. The first-order chi connectivity index (χ1) is 39.2. The van der Waals surface area contributed by atoms with Crippen LogP contribution in [-0.2, 0) is 0 Å². The van der Waals surface area contributed by atoms with E-state index in [1.54, 1.807) is 0 Å². The van der Waals surface area contributed by atoms with E-state index in [0.29, 0.717) is 0 Å². The molecule has 0 amide bonds. The lowest BCUT2D eigenvalue weighted by molar-refractivity contribution is 0.669. The Morgan fingerprint density at radius 3 is 1.30 bits per heavy atom. The van der Waals surface area contributed by atoms with E-state index in [-0.39, 0.29) is 0 Å². The van der Waals surface area contributed by atoms with Gasteiger partial charge in [-0.2, -0.15) is 0 Å². The molecule has 1 heteroatoms. The first-order valence-electron chi connectivity index (χ1n) is 27.3. The molecule has 0 radical (unpaired) electrons. The van der Waals surface area contributed by atoms with Crippen LogP contribution >= 0.6 is 0 Å². The number of hydrogen-bond donors (Lipinski definition) is 0. The Morgan fingerprint density at radius 1 is 0.177 bits per heavy atom. The summed E-state index contributed by atoms with van der Waals surface area (Å²) in [5.41, 5.74) is 18.4. The van der Waals surface area contributed by atoms with Crippen molar-refractivity contribution in [3.63, 3.8) is 0 Å². The fourth-order valence-electron chi connectivity index (χ4n) is 13.1. The highest BCUT2D eigenvalue weighted by molar-refractivity contribution is 6.27. The van der Waals surface area contributed by atoms with Crippen LogP contribution in [0.1, 0.15) is 0 Å². The maximum atomic E-state index is 6.88. The van der Waals surface area contributed by atoms with Crippen LogP contribution in [-0.4, -0.2) is 0 Å². The van der Waals surface area contributed by atoms with Crippen molar-refractivity contribution in [1.29, 1.82) is 0 Å². The molecule has 1 heterocycles. The van der Waals surface area contributed by atoms with Gasteiger partial charge in [0.2, 0.25) is 0 Å². The quantitative estimate of drug-likeness (QED) is 0.145.